The number of nitrogens with zero attached hydrogens (tertiary/aromatic N) is 2. The zero-order valence-electron chi connectivity index (χ0n) is 16.4. The third-order valence-electron chi connectivity index (χ3n) is 4.35. The van der Waals surface area contributed by atoms with Crippen LogP contribution in [0, 0.1) is 5.82 Å². The fraction of sp³-hybridized carbons (Fsp3) is 0.0455. The third-order valence-corrected chi connectivity index (χ3v) is 6.56. The van der Waals surface area contributed by atoms with Gasteiger partial charge in [0.05, 0.1) is 16.2 Å². The van der Waals surface area contributed by atoms with Crippen molar-refractivity contribution in [3.05, 3.63) is 90.2 Å². The summed E-state index contributed by atoms with van der Waals surface area (Å²) in [5.41, 5.74) is 0.961. The average molecular weight is 470 g/mol. The van der Waals surface area contributed by atoms with Gasteiger partial charge in [-0.25, -0.2) is 12.8 Å². The van der Waals surface area contributed by atoms with Crippen LogP contribution in [-0.2, 0) is 10.0 Å². The molecule has 0 spiro atoms. The van der Waals surface area contributed by atoms with Gasteiger partial charge in [-0.05, 0) is 48.5 Å². The molecule has 4 aromatic rings. The molecule has 0 saturated carbocycles. The standard InChI is InChI=1S/C22H16FN3O4S2/c23-19-9-5-4-8-18(19)20(27)14-31-22-25-24-21(30-22)15-10-12-16(13-11-15)26-32(28,29)17-6-2-1-3-7-17/h1-13,26H,14H2. The fourth-order valence-electron chi connectivity index (χ4n) is 2.77. The molecule has 1 aromatic heterocycles. The number of rotatable bonds is 8. The molecule has 0 aliphatic carbocycles. The summed E-state index contributed by atoms with van der Waals surface area (Å²) in [6.45, 7) is 0. The van der Waals surface area contributed by atoms with E-state index < -0.39 is 15.8 Å². The molecule has 4 rings (SSSR count). The molecule has 7 nitrogen and oxygen atoms in total. The number of anilines is 1. The van der Waals surface area contributed by atoms with Crippen LogP contribution in [0.3, 0.4) is 0 Å². The summed E-state index contributed by atoms with van der Waals surface area (Å²) >= 11 is 1.01. The van der Waals surface area contributed by atoms with Gasteiger partial charge in [-0.15, -0.1) is 10.2 Å². The van der Waals surface area contributed by atoms with Crippen molar-refractivity contribution >= 4 is 33.3 Å². The largest absolute Gasteiger partial charge is 0.411 e. The Hall–Kier alpha value is -3.50. The van der Waals surface area contributed by atoms with Gasteiger partial charge < -0.3 is 4.42 Å². The third kappa shape index (κ3) is 5.04. The second-order valence-corrected chi connectivity index (χ2v) is 9.17. The van der Waals surface area contributed by atoms with Crippen LogP contribution >= 0.6 is 11.8 Å². The lowest BCUT2D eigenvalue weighted by molar-refractivity contribution is 0.101. The second-order valence-electron chi connectivity index (χ2n) is 6.56. The highest BCUT2D eigenvalue weighted by Gasteiger charge is 2.16. The molecule has 0 aliphatic rings. The first kappa shape index (κ1) is 21.7. The molecule has 1 heterocycles. The van der Waals surface area contributed by atoms with E-state index in [0.29, 0.717) is 11.3 Å². The quantitative estimate of drug-likeness (QED) is 0.296. The maximum absolute atomic E-state index is 13.7. The summed E-state index contributed by atoms with van der Waals surface area (Å²) in [7, 11) is -3.69. The molecule has 1 N–H and O–H groups in total. The fourth-order valence-corrected chi connectivity index (χ4v) is 4.50. The summed E-state index contributed by atoms with van der Waals surface area (Å²) in [6, 6.07) is 20.2. The van der Waals surface area contributed by atoms with Crippen LogP contribution < -0.4 is 4.72 Å². The van der Waals surface area contributed by atoms with E-state index >= 15 is 0 Å². The molecule has 0 atom stereocenters. The van der Waals surface area contributed by atoms with E-state index in [1.807, 2.05) is 0 Å². The predicted octanol–water partition coefficient (Wildman–Crippen LogP) is 4.65. The summed E-state index contributed by atoms with van der Waals surface area (Å²) in [4.78, 5) is 12.3. The summed E-state index contributed by atoms with van der Waals surface area (Å²) < 4.78 is 46.6. The number of hydrogen-bond acceptors (Lipinski definition) is 7. The highest BCUT2D eigenvalue weighted by atomic mass is 32.2. The number of hydrogen-bond donors (Lipinski definition) is 1. The molecule has 32 heavy (non-hydrogen) atoms. The maximum atomic E-state index is 13.7. The molecular formula is C22H16FN3O4S2. The van der Waals surface area contributed by atoms with Crippen molar-refractivity contribution in [2.24, 2.45) is 0 Å². The highest BCUT2D eigenvalue weighted by molar-refractivity contribution is 7.99. The van der Waals surface area contributed by atoms with E-state index in [1.54, 1.807) is 48.5 Å². The molecular weight excluding hydrogens is 453 g/mol. The van der Waals surface area contributed by atoms with Crippen molar-refractivity contribution in [3.8, 4) is 11.5 Å². The Morgan fingerprint density at radius 2 is 1.62 bits per heavy atom. The minimum atomic E-state index is -3.69. The van der Waals surface area contributed by atoms with Gasteiger partial charge in [0.25, 0.3) is 15.2 Å². The van der Waals surface area contributed by atoms with Crippen molar-refractivity contribution < 1.29 is 22.0 Å². The zero-order chi connectivity index (χ0) is 22.6. The minimum Gasteiger partial charge on any atom is -0.411 e. The van der Waals surface area contributed by atoms with Crippen LogP contribution in [0.2, 0.25) is 0 Å². The minimum absolute atomic E-state index is 0.00767. The van der Waals surface area contributed by atoms with E-state index in [1.165, 1.54) is 30.3 Å². The van der Waals surface area contributed by atoms with Crippen molar-refractivity contribution in [2.75, 3.05) is 10.5 Å². The number of nitrogens with one attached hydrogen (secondary N) is 1. The molecule has 10 heteroatoms. The summed E-state index contributed by atoms with van der Waals surface area (Å²) in [6.07, 6.45) is 0. The second kappa shape index (κ2) is 9.33. The van der Waals surface area contributed by atoms with Crippen LogP contribution in [0.25, 0.3) is 11.5 Å². The molecule has 0 amide bonds. The zero-order valence-corrected chi connectivity index (χ0v) is 18.1. The number of sulfonamides is 1. The number of benzene rings is 3. The lowest BCUT2D eigenvalue weighted by atomic mass is 10.1. The normalized spacial score (nSPS) is 11.3. The van der Waals surface area contributed by atoms with E-state index in [9.17, 15) is 17.6 Å². The summed E-state index contributed by atoms with van der Waals surface area (Å²) in [5, 5.41) is 8.00. The Kier molecular flexibility index (Phi) is 6.33. The first-order valence-electron chi connectivity index (χ1n) is 9.35. The number of ketones is 1. The van der Waals surface area contributed by atoms with Gasteiger partial charge >= 0.3 is 0 Å². The number of aromatic nitrogens is 2. The molecule has 3 aromatic carbocycles. The monoisotopic (exact) mass is 469 g/mol. The molecule has 0 aliphatic heterocycles. The van der Waals surface area contributed by atoms with Crippen LogP contribution in [-0.4, -0.2) is 30.2 Å². The Morgan fingerprint density at radius 1 is 0.938 bits per heavy atom. The molecule has 0 unspecified atom stereocenters. The predicted molar refractivity (Wildman–Crippen MR) is 118 cm³/mol. The number of thioether (sulfide) groups is 1. The Balaban J connectivity index is 1.40. The van der Waals surface area contributed by atoms with Crippen molar-refractivity contribution in [1.29, 1.82) is 0 Å². The van der Waals surface area contributed by atoms with E-state index in [4.69, 9.17) is 4.42 Å². The van der Waals surface area contributed by atoms with Gasteiger partial charge in [-0.2, -0.15) is 0 Å². The molecule has 0 bridgehead atoms. The van der Waals surface area contributed by atoms with Crippen LogP contribution in [0.5, 0.6) is 0 Å². The number of carbonyl (C=O) groups excluding carboxylic acids is 1. The molecule has 0 saturated heterocycles. The Morgan fingerprint density at radius 3 is 2.34 bits per heavy atom. The number of Topliss-reactive ketones (excluding diaryl/α,β-unsaturated/α-hetero) is 1. The van der Waals surface area contributed by atoms with Gasteiger partial charge in [-0.1, -0.05) is 42.1 Å². The van der Waals surface area contributed by atoms with E-state index in [2.05, 4.69) is 14.9 Å². The number of carbonyl (C=O) groups is 1. The lowest BCUT2D eigenvalue weighted by Gasteiger charge is -2.08. The molecule has 0 radical (unpaired) electrons. The van der Waals surface area contributed by atoms with Gasteiger partial charge in [0.1, 0.15) is 5.82 Å². The number of halogens is 1. The Bertz CT molecular complexity index is 1340. The smallest absolute Gasteiger partial charge is 0.277 e. The van der Waals surface area contributed by atoms with Crippen LogP contribution in [0.4, 0.5) is 10.1 Å². The van der Waals surface area contributed by atoms with E-state index in [-0.39, 0.29) is 33.1 Å². The van der Waals surface area contributed by atoms with Crippen molar-refractivity contribution in [3.63, 3.8) is 0 Å². The Labute approximate surface area is 187 Å². The maximum Gasteiger partial charge on any atom is 0.277 e. The SMILES string of the molecule is O=C(CSc1nnc(-c2ccc(NS(=O)(=O)c3ccccc3)cc2)o1)c1ccccc1F. The first-order chi connectivity index (χ1) is 15.4. The van der Waals surface area contributed by atoms with Gasteiger partial charge in [-0.3, -0.25) is 9.52 Å². The lowest BCUT2D eigenvalue weighted by Crippen LogP contribution is -2.12. The molecule has 162 valence electrons. The average Bonchev–Trinajstić information content (AvgIpc) is 3.28. The van der Waals surface area contributed by atoms with Gasteiger partial charge in [0.15, 0.2) is 5.78 Å². The highest BCUT2D eigenvalue weighted by Crippen LogP contribution is 2.26. The van der Waals surface area contributed by atoms with Crippen molar-refractivity contribution in [1.82, 2.24) is 10.2 Å². The topological polar surface area (TPSA) is 102 Å². The van der Waals surface area contributed by atoms with Crippen LogP contribution in [0.1, 0.15) is 10.4 Å². The summed E-state index contributed by atoms with van der Waals surface area (Å²) in [5.74, 6) is -0.804. The van der Waals surface area contributed by atoms with Crippen LogP contribution in [0.15, 0.2) is 93.4 Å². The molecule has 0 fully saturated rings. The van der Waals surface area contributed by atoms with Gasteiger partial charge in [0.2, 0.25) is 5.89 Å². The first-order valence-corrected chi connectivity index (χ1v) is 11.8. The van der Waals surface area contributed by atoms with Crippen molar-refractivity contribution in [2.45, 2.75) is 10.1 Å². The van der Waals surface area contributed by atoms with Gasteiger partial charge in [0, 0.05) is 11.3 Å². The van der Waals surface area contributed by atoms with E-state index in [0.717, 1.165) is 11.8 Å².